The predicted molar refractivity (Wildman–Crippen MR) is 215 cm³/mol. The maximum absolute atomic E-state index is 12.0. The lowest BCUT2D eigenvalue weighted by Crippen LogP contribution is -2.25. The van der Waals surface area contributed by atoms with Crippen molar-refractivity contribution in [1.29, 1.82) is 0 Å². The van der Waals surface area contributed by atoms with Crippen LogP contribution in [-0.4, -0.2) is 37.1 Å². The molecule has 0 aliphatic rings. The van der Waals surface area contributed by atoms with E-state index in [1.165, 1.54) is 206 Å². The molecule has 0 aliphatic heterocycles. The molecule has 3 nitrogen and oxygen atoms in total. The highest BCUT2D eigenvalue weighted by Crippen LogP contribution is 2.21. The van der Waals surface area contributed by atoms with Crippen LogP contribution in [0.4, 0.5) is 0 Å². The molecular formula is C45H89NO2. The molecule has 0 N–H and O–H groups in total. The number of carbonyl (C=O) groups is 1. The number of unbranched alkanes of at least 4 members (excludes halogenated alkanes) is 25. The van der Waals surface area contributed by atoms with Crippen LogP contribution in [0.15, 0.2) is 12.2 Å². The van der Waals surface area contributed by atoms with Crippen LogP contribution in [0.3, 0.4) is 0 Å². The quantitative estimate of drug-likeness (QED) is 0.0368. The third kappa shape index (κ3) is 36.5. The molecule has 3 heteroatoms. The monoisotopic (exact) mass is 676 g/mol. The zero-order valence-electron chi connectivity index (χ0n) is 33.7. The van der Waals surface area contributed by atoms with Gasteiger partial charge in [0, 0.05) is 6.42 Å². The van der Waals surface area contributed by atoms with Gasteiger partial charge in [0.25, 0.3) is 0 Å². The predicted octanol–water partition coefficient (Wildman–Crippen LogP) is 15.0. The van der Waals surface area contributed by atoms with E-state index < -0.39 is 0 Å². The standard InChI is InChI=1S/C45H89NO2/c1-5-9-12-15-21-29-36-43-48-45(47)40-33-26-22-28-35-42-46(8-4)41-34-27-20-18-19-25-32-39-44(37-30-23-16-13-10-6-2)38-31-24-17-14-11-7-3/h32,39,44H,5-31,33-38,40-43H2,1-4H3/b39-32-. The average molecular weight is 676 g/mol. The summed E-state index contributed by atoms with van der Waals surface area (Å²) in [7, 11) is 0. The fourth-order valence-electron chi connectivity index (χ4n) is 7.01. The Morgan fingerprint density at radius 2 is 0.917 bits per heavy atom. The summed E-state index contributed by atoms with van der Waals surface area (Å²) in [5.41, 5.74) is 0. The van der Waals surface area contributed by atoms with E-state index in [0.29, 0.717) is 13.0 Å². The van der Waals surface area contributed by atoms with E-state index in [1.54, 1.807) is 0 Å². The first-order valence-corrected chi connectivity index (χ1v) is 22.2. The minimum absolute atomic E-state index is 0.0147. The van der Waals surface area contributed by atoms with Gasteiger partial charge in [0.1, 0.15) is 0 Å². The second kappa shape index (κ2) is 40.6. The molecule has 0 aromatic carbocycles. The molecule has 0 aliphatic carbocycles. The number of hydrogen-bond acceptors (Lipinski definition) is 3. The zero-order chi connectivity index (χ0) is 35.0. The van der Waals surface area contributed by atoms with Crippen molar-refractivity contribution < 1.29 is 9.53 Å². The van der Waals surface area contributed by atoms with Gasteiger partial charge in [-0.1, -0.05) is 194 Å². The number of nitrogens with zero attached hydrogens (tertiary/aromatic N) is 1. The molecule has 0 saturated heterocycles. The van der Waals surface area contributed by atoms with Crippen LogP contribution >= 0.6 is 0 Å². The van der Waals surface area contributed by atoms with Crippen LogP contribution < -0.4 is 0 Å². The molecule has 0 rings (SSSR count). The summed E-state index contributed by atoms with van der Waals surface area (Å²) in [6, 6.07) is 0. The first-order valence-electron chi connectivity index (χ1n) is 22.2. The second-order valence-electron chi connectivity index (χ2n) is 15.2. The number of ether oxygens (including phenoxy) is 1. The Balaban J connectivity index is 3.81. The molecule has 0 unspecified atom stereocenters. The highest BCUT2D eigenvalue weighted by Gasteiger charge is 2.06. The summed E-state index contributed by atoms with van der Waals surface area (Å²) in [5, 5.41) is 0. The van der Waals surface area contributed by atoms with Gasteiger partial charge in [-0.2, -0.15) is 0 Å². The minimum atomic E-state index is 0.0147. The average Bonchev–Trinajstić information content (AvgIpc) is 3.09. The molecule has 0 bridgehead atoms. The largest absolute Gasteiger partial charge is 0.466 e. The molecule has 0 saturated carbocycles. The van der Waals surface area contributed by atoms with Crippen LogP contribution in [0.1, 0.15) is 240 Å². The van der Waals surface area contributed by atoms with Crippen LogP contribution in [0.25, 0.3) is 0 Å². The van der Waals surface area contributed by atoms with Crippen LogP contribution in [0, 0.1) is 5.92 Å². The molecule has 0 atom stereocenters. The Bertz CT molecular complexity index is 631. The van der Waals surface area contributed by atoms with Crippen LogP contribution in [0.5, 0.6) is 0 Å². The fourth-order valence-corrected chi connectivity index (χ4v) is 7.01. The maximum atomic E-state index is 12.0. The Morgan fingerprint density at radius 3 is 1.42 bits per heavy atom. The molecular weight excluding hydrogens is 587 g/mol. The van der Waals surface area contributed by atoms with Crippen molar-refractivity contribution in [3.05, 3.63) is 12.2 Å². The smallest absolute Gasteiger partial charge is 0.305 e. The topological polar surface area (TPSA) is 29.5 Å². The number of rotatable bonds is 40. The van der Waals surface area contributed by atoms with Gasteiger partial charge in [0.15, 0.2) is 0 Å². The molecule has 0 spiro atoms. The molecule has 48 heavy (non-hydrogen) atoms. The van der Waals surface area contributed by atoms with Crippen molar-refractivity contribution in [2.24, 2.45) is 5.92 Å². The summed E-state index contributed by atoms with van der Waals surface area (Å²) >= 11 is 0. The molecule has 0 amide bonds. The number of hydrogen-bond donors (Lipinski definition) is 0. The zero-order valence-corrected chi connectivity index (χ0v) is 33.7. The van der Waals surface area contributed by atoms with Crippen molar-refractivity contribution in [2.45, 2.75) is 240 Å². The van der Waals surface area contributed by atoms with E-state index >= 15 is 0 Å². The van der Waals surface area contributed by atoms with E-state index in [1.807, 2.05) is 0 Å². The summed E-state index contributed by atoms with van der Waals surface area (Å²) in [6.45, 7) is 13.5. The first-order chi connectivity index (χ1) is 23.7. The molecule has 286 valence electrons. The lowest BCUT2D eigenvalue weighted by Gasteiger charge is -2.20. The van der Waals surface area contributed by atoms with Crippen molar-refractivity contribution in [2.75, 3.05) is 26.2 Å². The van der Waals surface area contributed by atoms with E-state index in [2.05, 4.69) is 44.7 Å². The van der Waals surface area contributed by atoms with Gasteiger partial charge < -0.3 is 9.64 Å². The number of allylic oxidation sites excluding steroid dienone is 2. The van der Waals surface area contributed by atoms with Crippen molar-refractivity contribution in [3.63, 3.8) is 0 Å². The fraction of sp³-hybridized carbons (Fsp3) is 0.933. The summed E-state index contributed by atoms with van der Waals surface area (Å²) < 4.78 is 5.43. The lowest BCUT2D eigenvalue weighted by atomic mass is 9.93. The normalized spacial score (nSPS) is 11.9. The lowest BCUT2D eigenvalue weighted by molar-refractivity contribution is -0.143. The van der Waals surface area contributed by atoms with Gasteiger partial charge in [-0.15, -0.1) is 0 Å². The summed E-state index contributed by atoms with van der Waals surface area (Å²) in [4.78, 5) is 14.6. The van der Waals surface area contributed by atoms with E-state index in [9.17, 15) is 4.79 Å². The van der Waals surface area contributed by atoms with Crippen molar-refractivity contribution in [3.8, 4) is 0 Å². The number of carbonyl (C=O) groups excluding carboxylic acids is 1. The van der Waals surface area contributed by atoms with Crippen molar-refractivity contribution >= 4 is 5.97 Å². The third-order valence-electron chi connectivity index (χ3n) is 10.4. The molecule has 0 aromatic heterocycles. The van der Waals surface area contributed by atoms with Gasteiger partial charge >= 0.3 is 5.97 Å². The van der Waals surface area contributed by atoms with Gasteiger partial charge in [-0.05, 0) is 76.9 Å². The third-order valence-corrected chi connectivity index (χ3v) is 10.4. The van der Waals surface area contributed by atoms with E-state index in [4.69, 9.17) is 4.74 Å². The first kappa shape index (κ1) is 47.2. The van der Waals surface area contributed by atoms with Crippen LogP contribution in [-0.2, 0) is 9.53 Å². The number of esters is 1. The van der Waals surface area contributed by atoms with Gasteiger partial charge in [0.05, 0.1) is 6.61 Å². The minimum Gasteiger partial charge on any atom is -0.466 e. The Labute approximate surface area is 303 Å². The second-order valence-corrected chi connectivity index (χ2v) is 15.2. The van der Waals surface area contributed by atoms with E-state index in [0.717, 1.165) is 25.2 Å². The van der Waals surface area contributed by atoms with Crippen molar-refractivity contribution in [1.82, 2.24) is 4.90 Å². The van der Waals surface area contributed by atoms with Gasteiger partial charge in [-0.25, -0.2) is 0 Å². The molecule has 0 radical (unpaired) electrons. The SMILES string of the molecule is CCCCCCCCCOC(=O)CCCCCCCN(CC)CCCCCCC/C=C\C(CCCCCCCC)CCCCCCCC. The highest BCUT2D eigenvalue weighted by molar-refractivity contribution is 5.69. The summed E-state index contributed by atoms with van der Waals surface area (Å²) in [5.74, 6) is 0.844. The molecule has 0 heterocycles. The molecule has 0 fully saturated rings. The molecule has 0 aromatic rings. The maximum Gasteiger partial charge on any atom is 0.305 e. The van der Waals surface area contributed by atoms with Gasteiger partial charge in [-0.3, -0.25) is 4.79 Å². The Hall–Kier alpha value is -0.830. The highest BCUT2D eigenvalue weighted by atomic mass is 16.5. The summed E-state index contributed by atoms with van der Waals surface area (Å²) in [6.07, 6.45) is 48.6. The van der Waals surface area contributed by atoms with Gasteiger partial charge in [0.2, 0.25) is 0 Å². The Kier molecular flexibility index (Phi) is 39.9. The Morgan fingerprint density at radius 1 is 0.500 bits per heavy atom. The van der Waals surface area contributed by atoms with E-state index in [-0.39, 0.29) is 5.97 Å². The van der Waals surface area contributed by atoms with Crippen LogP contribution in [0.2, 0.25) is 0 Å².